The van der Waals surface area contributed by atoms with Gasteiger partial charge >= 0.3 is 0 Å². The molecule has 0 aliphatic heterocycles. The predicted molar refractivity (Wildman–Crippen MR) is 91.2 cm³/mol. The summed E-state index contributed by atoms with van der Waals surface area (Å²) in [5.74, 6) is -0.231. The fourth-order valence-corrected chi connectivity index (χ4v) is 2.14. The maximum atomic E-state index is 12.2. The minimum Gasteiger partial charge on any atom is -0.381 e. The van der Waals surface area contributed by atoms with Crippen molar-refractivity contribution in [3.63, 3.8) is 0 Å². The van der Waals surface area contributed by atoms with E-state index in [0.29, 0.717) is 18.8 Å². The van der Waals surface area contributed by atoms with Crippen LogP contribution in [0.2, 0.25) is 0 Å². The molecule has 3 aromatic rings. The van der Waals surface area contributed by atoms with Gasteiger partial charge in [0.05, 0.1) is 12.2 Å². The largest absolute Gasteiger partial charge is 0.381 e. The van der Waals surface area contributed by atoms with Crippen molar-refractivity contribution in [2.24, 2.45) is 0 Å². The Bertz CT molecular complexity index is 793. The van der Waals surface area contributed by atoms with Gasteiger partial charge in [0.2, 0.25) is 0 Å². The van der Waals surface area contributed by atoms with E-state index in [1.54, 1.807) is 30.9 Å². The molecular weight excluding hydrogens is 302 g/mol. The van der Waals surface area contributed by atoms with E-state index in [1.165, 1.54) is 0 Å². The number of hydrogen-bond donors (Lipinski definition) is 2. The second kappa shape index (κ2) is 7.82. The quantitative estimate of drug-likeness (QED) is 0.729. The van der Waals surface area contributed by atoms with Gasteiger partial charge in [0.25, 0.3) is 5.91 Å². The molecule has 24 heavy (non-hydrogen) atoms. The summed E-state index contributed by atoms with van der Waals surface area (Å²) in [6.07, 6.45) is 6.85. The average molecular weight is 319 g/mol. The molecule has 3 aromatic heterocycles. The van der Waals surface area contributed by atoms with Crippen molar-refractivity contribution < 1.29 is 4.79 Å². The lowest BCUT2D eigenvalue weighted by Gasteiger charge is -2.08. The number of amides is 1. The Hall–Kier alpha value is -3.28. The highest BCUT2D eigenvalue weighted by atomic mass is 16.1. The minimum atomic E-state index is -0.231. The topological polar surface area (TPSA) is 79.8 Å². The highest BCUT2D eigenvalue weighted by Crippen LogP contribution is 2.10. The van der Waals surface area contributed by atoms with E-state index in [-0.39, 0.29) is 5.91 Å². The molecule has 0 fully saturated rings. The van der Waals surface area contributed by atoms with Crippen molar-refractivity contribution >= 4 is 11.6 Å². The molecule has 0 unspecified atom stereocenters. The lowest BCUT2D eigenvalue weighted by atomic mass is 10.2. The third kappa shape index (κ3) is 4.36. The number of anilines is 1. The molecule has 0 aromatic carbocycles. The van der Waals surface area contributed by atoms with Gasteiger partial charge < -0.3 is 10.6 Å². The molecule has 2 N–H and O–H groups in total. The molecule has 120 valence electrons. The first-order valence-corrected chi connectivity index (χ1v) is 7.58. The number of hydrogen-bond acceptors (Lipinski definition) is 5. The van der Waals surface area contributed by atoms with Crippen molar-refractivity contribution in [3.8, 4) is 0 Å². The van der Waals surface area contributed by atoms with Gasteiger partial charge in [-0.15, -0.1) is 0 Å². The van der Waals surface area contributed by atoms with Gasteiger partial charge in [0.15, 0.2) is 0 Å². The Morgan fingerprint density at radius 2 is 1.92 bits per heavy atom. The van der Waals surface area contributed by atoms with Gasteiger partial charge in [0, 0.05) is 37.0 Å². The fraction of sp³-hybridized carbons (Fsp3) is 0.111. The highest BCUT2D eigenvalue weighted by molar-refractivity contribution is 5.93. The van der Waals surface area contributed by atoms with Crippen LogP contribution in [-0.2, 0) is 13.1 Å². The summed E-state index contributed by atoms with van der Waals surface area (Å²) >= 11 is 0. The summed E-state index contributed by atoms with van der Waals surface area (Å²) in [6, 6.07) is 13.0. The van der Waals surface area contributed by atoms with Crippen molar-refractivity contribution in [1.82, 2.24) is 20.3 Å². The Balaban J connectivity index is 1.59. The smallest absolute Gasteiger partial charge is 0.270 e. The standard InChI is InChI=1S/C18H17N5O/c24-18(23-13-16-5-1-2-8-20-16)17-10-15(6-9-21-17)22-12-14-4-3-7-19-11-14/h1-11H,12-13H2,(H,21,22)(H,23,24). The Morgan fingerprint density at radius 1 is 0.958 bits per heavy atom. The summed E-state index contributed by atoms with van der Waals surface area (Å²) < 4.78 is 0. The lowest BCUT2D eigenvalue weighted by Crippen LogP contribution is -2.24. The van der Waals surface area contributed by atoms with Gasteiger partial charge in [-0.3, -0.25) is 19.7 Å². The molecule has 0 atom stereocenters. The van der Waals surface area contributed by atoms with Gasteiger partial charge in [-0.25, -0.2) is 0 Å². The van der Waals surface area contributed by atoms with Gasteiger partial charge in [-0.05, 0) is 35.9 Å². The van der Waals surface area contributed by atoms with Crippen molar-refractivity contribution in [2.45, 2.75) is 13.1 Å². The minimum absolute atomic E-state index is 0.231. The summed E-state index contributed by atoms with van der Waals surface area (Å²) in [4.78, 5) is 24.6. The predicted octanol–water partition coefficient (Wildman–Crippen LogP) is 2.41. The third-order valence-corrected chi connectivity index (χ3v) is 3.37. The number of carbonyl (C=O) groups excluding carboxylic acids is 1. The third-order valence-electron chi connectivity index (χ3n) is 3.37. The molecule has 0 radical (unpaired) electrons. The maximum absolute atomic E-state index is 12.2. The number of rotatable bonds is 6. The molecular formula is C18H17N5O. The van der Waals surface area contributed by atoms with Crippen LogP contribution in [0.5, 0.6) is 0 Å². The van der Waals surface area contributed by atoms with E-state index in [1.807, 2.05) is 36.4 Å². The first-order valence-electron chi connectivity index (χ1n) is 7.58. The summed E-state index contributed by atoms with van der Waals surface area (Å²) in [5.41, 5.74) is 3.06. The van der Waals surface area contributed by atoms with Crippen molar-refractivity contribution in [3.05, 3.63) is 84.2 Å². The molecule has 0 saturated carbocycles. The maximum Gasteiger partial charge on any atom is 0.270 e. The van der Waals surface area contributed by atoms with Gasteiger partial charge in [-0.2, -0.15) is 0 Å². The van der Waals surface area contributed by atoms with E-state index >= 15 is 0 Å². The second-order valence-electron chi connectivity index (χ2n) is 5.15. The fourth-order valence-electron chi connectivity index (χ4n) is 2.14. The molecule has 3 rings (SSSR count). The zero-order valence-electron chi connectivity index (χ0n) is 13.0. The van der Waals surface area contributed by atoms with Crippen LogP contribution >= 0.6 is 0 Å². The highest BCUT2D eigenvalue weighted by Gasteiger charge is 2.08. The monoisotopic (exact) mass is 319 g/mol. The van der Waals surface area contributed by atoms with Crippen LogP contribution in [-0.4, -0.2) is 20.9 Å². The first kappa shape index (κ1) is 15.6. The molecule has 3 heterocycles. The van der Waals surface area contributed by atoms with E-state index in [0.717, 1.165) is 16.9 Å². The zero-order valence-corrected chi connectivity index (χ0v) is 13.0. The van der Waals surface area contributed by atoms with E-state index < -0.39 is 0 Å². The van der Waals surface area contributed by atoms with Crippen LogP contribution in [0.4, 0.5) is 5.69 Å². The van der Waals surface area contributed by atoms with Crippen LogP contribution in [0.15, 0.2) is 67.3 Å². The molecule has 0 saturated heterocycles. The SMILES string of the molecule is O=C(NCc1ccccn1)c1cc(NCc2cccnc2)ccn1. The van der Waals surface area contributed by atoms with E-state index in [4.69, 9.17) is 0 Å². The van der Waals surface area contributed by atoms with Crippen LogP contribution in [0.1, 0.15) is 21.7 Å². The molecule has 0 aliphatic carbocycles. The Labute approximate surface area is 140 Å². The van der Waals surface area contributed by atoms with Crippen LogP contribution in [0, 0.1) is 0 Å². The van der Waals surface area contributed by atoms with Crippen LogP contribution in [0.3, 0.4) is 0 Å². The van der Waals surface area contributed by atoms with E-state index in [9.17, 15) is 4.79 Å². The molecule has 6 nitrogen and oxygen atoms in total. The Kier molecular flexibility index (Phi) is 5.09. The van der Waals surface area contributed by atoms with Crippen LogP contribution in [0.25, 0.3) is 0 Å². The number of pyridine rings is 3. The Morgan fingerprint density at radius 3 is 2.71 bits per heavy atom. The van der Waals surface area contributed by atoms with Crippen LogP contribution < -0.4 is 10.6 Å². The summed E-state index contributed by atoms with van der Waals surface area (Å²) in [6.45, 7) is 1.00. The van der Waals surface area contributed by atoms with Gasteiger partial charge in [-0.1, -0.05) is 12.1 Å². The normalized spacial score (nSPS) is 10.2. The number of nitrogens with zero attached hydrogens (tertiary/aromatic N) is 3. The average Bonchev–Trinajstić information content (AvgIpc) is 2.66. The second-order valence-corrected chi connectivity index (χ2v) is 5.15. The zero-order chi connectivity index (χ0) is 16.6. The number of aromatic nitrogens is 3. The molecule has 0 spiro atoms. The summed E-state index contributed by atoms with van der Waals surface area (Å²) in [5, 5.41) is 6.07. The first-order chi connectivity index (χ1) is 11.8. The van der Waals surface area contributed by atoms with Gasteiger partial charge in [0.1, 0.15) is 5.69 Å². The van der Waals surface area contributed by atoms with Crippen molar-refractivity contribution in [2.75, 3.05) is 5.32 Å². The number of nitrogens with one attached hydrogen (secondary N) is 2. The molecule has 0 aliphatic rings. The van der Waals surface area contributed by atoms with Crippen molar-refractivity contribution in [1.29, 1.82) is 0 Å². The number of carbonyl (C=O) groups is 1. The lowest BCUT2D eigenvalue weighted by molar-refractivity contribution is 0.0945. The van der Waals surface area contributed by atoms with E-state index in [2.05, 4.69) is 25.6 Å². The molecule has 1 amide bonds. The summed E-state index contributed by atoms with van der Waals surface area (Å²) in [7, 11) is 0. The molecule has 6 heteroatoms. The molecule has 0 bridgehead atoms.